The van der Waals surface area contributed by atoms with E-state index in [1.807, 2.05) is 42.5 Å². The molecule has 3 rings (SSSR count). The number of rotatable bonds is 3. The summed E-state index contributed by atoms with van der Waals surface area (Å²) in [4.78, 5) is 8.51. The Labute approximate surface area is 117 Å². The number of nitrogens with one attached hydrogen (secondary N) is 1. The average molecular weight is 262 g/mol. The van der Waals surface area contributed by atoms with Gasteiger partial charge >= 0.3 is 0 Å². The van der Waals surface area contributed by atoms with Crippen LogP contribution in [0.4, 0.5) is 5.69 Å². The summed E-state index contributed by atoms with van der Waals surface area (Å²) in [5.74, 6) is 0. The van der Waals surface area contributed by atoms with Gasteiger partial charge in [-0.1, -0.05) is 23.8 Å². The number of benzene rings is 2. The van der Waals surface area contributed by atoms with Gasteiger partial charge in [0, 0.05) is 12.4 Å². The van der Waals surface area contributed by atoms with E-state index in [9.17, 15) is 0 Å². The molecule has 0 radical (unpaired) electrons. The quantitative estimate of drug-likeness (QED) is 0.581. The fourth-order valence-corrected chi connectivity index (χ4v) is 1.87. The van der Waals surface area contributed by atoms with E-state index in [-0.39, 0.29) is 0 Å². The Hall–Kier alpha value is -2.75. The minimum absolute atomic E-state index is 0.867. The van der Waals surface area contributed by atoms with E-state index in [1.165, 1.54) is 5.56 Å². The Morgan fingerprint density at radius 1 is 0.950 bits per heavy atom. The molecule has 1 aromatic heterocycles. The summed E-state index contributed by atoms with van der Waals surface area (Å²) in [6.45, 7) is 2.06. The van der Waals surface area contributed by atoms with Crippen LogP contribution in [0.3, 0.4) is 0 Å². The first kappa shape index (κ1) is 12.3. The van der Waals surface area contributed by atoms with Crippen molar-refractivity contribution < 1.29 is 0 Å². The Morgan fingerprint density at radius 2 is 1.70 bits per heavy atom. The standard InChI is InChI=1S/C16H14N4/c1-12-2-5-14(6-3-12)20-19-11-13-4-7-15-16(10-13)18-9-8-17-15/h2-11,20H,1H3. The Kier molecular flexibility index (Phi) is 3.37. The van der Waals surface area contributed by atoms with E-state index < -0.39 is 0 Å². The molecule has 0 spiro atoms. The van der Waals surface area contributed by atoms with Crippen LogP contribution in [-0.4, -0.2) is 16.2 Å². The van der Waals surface area contributed by atoms with Crippen LogP contribution in [0, 0.1) is 6.92 Å². The smallest absolute Gasteiger partial charge is 0.0893 e. The first-order valence-corrected chi connectivity index (χ1v) is 6.38. The van der Waals surface area contributed by atoms with Gasteiger partial charge in [-0.05, 0) is 36.8 Å². The van der Waals surface area contributed by atoms with Crippen molar-refractivity contribution in [3.63, 3.8) is 0 Å². The highest BCUT2D eigenvalue weighted by Crippen LogP contribution is 2.10. The predicted octanol–water partition coefficient (Wildman–Crippen LogP) is 3.38. The van der Waals surface area contributed by atoms with E-state index in [4.69, 9.17) is 0 Å². The van der Waals surface area contributed by atoms with E-state index in [1.54, 1.807) is 18.6 Å². The molecule has 1 N–H and O–H groups in total. The van der Waals surface area contributed by atoms with Gasteiger partial charge in [-0.25, -0.2) is 0 Å². The molecule has 0 unspecified atom stereocenters. The highest BCUT2D eigenvalue weighted by atomic mass is 15.3. The monoisotopic (exact) mass is 262 g/mol. The third kappa shape index (κ3) is 2.80. The highest BCUT2D eigenvalue weighted by Gasteiger charge is 1.95. The molecule has 0 fully saturated rings. The molecule has 0 aliphatic carbocycles. The second-order valence-corrected chi connectivity index (χ2v) is 4.54. The molecule has 2 aromatic carbocycles. The predicted molar refractivity (Wildman–Crippen MR) is 81.9 cm³/mol. The molecule has 0 aliphatic rings. The molecule has 0 bridgehead atoms. The topological polar surface area (TPSA) is 50.2 Å². The van der Waals surface area contributed by atoms with Crippen LogP contribution in [-0.2, 0) is 0 Å². The van der Waals surface area contributed by atoms with E-state index >= 15 is 0 Å². The Bertz CT molecular complexity index is 748. The SMILES string of the molecule is Cc1ccc(NN=Cc2ccc3nccnc3c2)cc1. The number of aryl methyl sites for hydroxylation is 1. The van der Waals surface area contributed by atoms with Gasteiger partial charge in [0.05, 0.1) is 22.9 Å². The summed E-state index contributed by atoms with van der Waals surface area (Å²) in [6, 6.07) is 14.0. The number of hydrogen-bond donors (Lipinski definition) is 1. The fourth-order valence-electron chi connectivity index (χ4n) is 1.87. The van der Waals surface area contributed by atoms with Crippen LogP contribution in [0.5, 0.6) is 0 Å². The molecule has 0 saturated heterocycles. The molecule has 0 atom stereocenters. The largest absolute Gasteiger partial charge is 0.279 e. The van der Waals surface area contributed by atoms with E-state index in [0.717, 1.165) is 22.3 Å². The summed E-state index contributed by atoms with van der Waals surface area (Å²) in [6.07, 6.45) is 5.15. The molecule has 4 heteroatoms. The molecular weight excluding hydrogens is 248 g/mol. The zero-order valence-electron chi connectivity index (χ0n) is 11.1. The minimum atomic E-state index is 0.867. The number of hydrazone groups is 1. The van der Waals surface area contributed by atoms with E-state index in [0.29, 0.717) is 0 Å². The van der Waals surface area contributed by atoms with Crippen LogP contribution in [0.15, 0.2) is 60.0 Å². The first-order chi connectivity index (χ1) is 9.81. The van der Waals surface area contributed by atoms with Crippen molar-refractivity contribution in [3.05, 3.63) is 66.0 Å². The molecule has 20 heavy (non-hydrogen) atoms. The van der Waals surface area contributed by atoms with Crippen molar-refractivity contribution in [2.75, 3.05) is 5.43 Å². The lowest BCUT2D eigenvalue weighted by Gasteiger charge is -2.00. The van der Waals surface area contributed by atoms with Gasteiger partial charge in [-0.3, -0.25) is 15.4 Å². The van der Waals surface area contributed by atoms with Gasteiger partial charge in [0.1, 0.15) is 0 Å². The fraction of sp³-hybridized carbons (Fsp3) is 0.0625. The van der Waals surface area contributed by atoms with Gasteiger partial charge in [0.15, 0.2) is 0 Å². The van der Waals surface area contributed by atoms with Crippen LogP contribution < -0.4 is 5.43 Å². The second-order valence-electron chi connectivity index (χ2n) is 4.54. The number of anilines is 1. The first-order valence-electron chi connectivity index (χ1n) is 6.38. The minimum Gasteiger partial charge on any atom is -0.279 e. The van der Waals surface area contributed by atoms with Crippen molar-refractivity contribution in [2.24, 2.45) is 5.10 Å². The van der Waals surface area contributed by atoms with Gasteiger partial charge in [0.25, 0.3) is 0 Å². The van der Waals surface area contributed by atoms with Crippen molar-refractivity contribution >= 4 is 22.9 Å². The molecule has 3 aromatic rings. The lowest BCUT2D eigenvalue weighted by atomic mass is 10.2. The highest BCUT2D eigenvalue weighted by molar-refractivity contribution is 5.86. The third-order valence-corrected chi connectivity index (χ3v) is 2.95. The lowest BCUT2D eigenvalue weighted by Crippen LogP contribution is -1.91. The summed E-state index contributed by atoms with van der Waals surface area (Å²) in [5.41, 5.74) is 7.93. The Balaban J connectivity index is 1.75. The maximum Gasteiger partial charge on any atom is 0.0893 e. The molecule has 0 amide bonds. The summed E-state index contributed by atoms with van der Waals surface area (Å²) in [7, 11) is 0. The maximum absolute atomic E-state index is 4.27. The molecule has 98 valence electrons. The summed E-state index contributed by atoms with van der Waals surface area (Å²) >= 11 is 0. The average Bonchev–Trinajstić information content (AvgIpc) is 2.49. The van der Waals surface area contributed by atoms with Gasteiger partial charge in [-0.2, -0.15) is 5.10 Å². The van der Waals surface area contributed by atoms with Crippen molar-refractivity contribution in [2.45, 2.75) is 6.92 Å². The summed E-state index contributed by atoms with van der Waals surface area (Å²) < 4.78 is 0. The normalized spacial score (nSPS) is 11.1. The third-order valence-electron chi connectivity index (χ3n) is 2.95. The number of aromatic nitrogens is 2. The zero-order chi connectivity index (χ0) is 13.8. The van der Waals surface area contributed by atoms with Gasteiger partial charge < -0.3 is 0 Å². The van der Waals surface area contributed by atoms with Crippen LogP contribution in [0.1, 0.15) is 11.1 Å². The Morgan fingerprint density at radius 3 is 2.50 bits per heavy atom. The van der Waals surface area contributed by atoms with Crippen LogP contribution >= 0.6 is 0 Å². The molecule has 4 nitrogen and oxygen atoms in total. The maximum atomic E-state index is 4.27. The zero-order valence-corrected chi connectivity index (χ0v) is 11.1. The van der Waals surface area contributed by atoms with Crippen molar-refractivity contribution in [1.82, 2.24) is 9.97 Å². The molecule has 0 saturated carbocycles. The van der Waals surface area contributed by atoms with Gasteiger partial charge in [-0.15, -0.1) is 0 Å². The molecule has 1 heterocycles. The molecule has 0 aliphatic heterocycles. The number of fused-ring (bicyclic) bond motifs is 1. The van der Waals surface area contributed by atoms with E-state index in [2.05, 4.69) is 27.4 Å². The van der Waals surface area contributed by atoms with Crippen molar-refractivity contribution in [1.29, 1.82) is 0 Å². The summed E-state index contributed by atoms with van der Waals surface area (Å²) in [5, 5.41) is 4.23. The number of nitrogens with zero attached hydrogens (tertiary/aromatic N) is 3. The van der Waals surface area contributed by atoms with Crippen LogP contribution in [0.2, 0.25) is 0 Å². The number of hydrogen-bond acceptors (Lipinski definition) is 4. The van der Waals surface area contributed by atoms with Gasteiger partial charge in [0.2, 0.25) is 0 Å². The molecular formula is C16H14N4. The van der Waals surface area contributed by atoms with Crippen molar-refractivity contribution in [3.8, 4) is 0 Å². The lowest BCUT2D eigenvalue weighted by molar-refractivity contribution is 1.29. The second kappa shape index (κ2) is 5.48. The van der Waals surface area contributed by atoms with Crippen LogP contribution in [0.25, 0.3) is 11.0 Å².